The van der Waals surface area contributed by atoms with Crippen molar-refractivity contribution in [2.24, 2.45) is 0 Å². The zero-order valence-electron chi connectivity index (χ0n) is 10.7. The molecule has 0 fully saturated rings. The van der Waals surface area contributed by atoms with Crippen LogP contribution in [0, 0.1) is 11.3 Å². The third-order valence-electron chi connectivity index (χ3n) is 3.59. The number of aromatic nitrogens is 1. The highest BCUT2D eigenvalue weighted by atomic mass is 32.1. The molecule has 2 N–H and O–H groups in total. The summed E-state index contributed by atoms with van der Waals surface area (Å²) in [6.45, 7) is 0. The number of fused-ring (bicyclic) bond motifs is 1. The molecule has 1 heterocycles. The summed E-state index contributed by atoms with van der Waals surface area (Å²) in [5.74, 6) is -0.348. The molecule has 3 rings (SSSR count). The van der Waals surface area contributed by atoms with Gasteiger partial charge in [-0.2, -0.15) is 18.4 Å². The first-order valence-electron chi connectivity index (χ1n) is 6.26. The molecule has 7 heteroatoms. The van der Waals surface area contributed by atoms with Crippen molar-refractivity contribution in [1.29, 1.82) is 5.26 Å². The Morgan fingerprint density at radius 1 is 1.38 bits per heavy atom. The lowest BCUT2D eigenvalue weighted by Crippen LogP contribution is -2.12. The number of nitriles is 1. The van der Waals surface area contributed by atoms with Crippen molar-refractivity contribution in [2.45, 2.75) is 24.9 Å². The second-order valence-electron chi connectivity index (χ2n) is 4.87. The SMILES string of the molecule is N#Cc1ccc(C2CCc3nc(N)sc32)c(C(F)(F)F)c1. The minimum absolute atomic E-state index is 0.00751. The Balaban J connectivity index is 2.13. The molecule has 1 aliphatic rings. The Kier molecular flexibility index (Phi) is 3.14. The summed E-state index contributed by atoms with van der Waals surface area (Å²) in [6, 6.07) is 5.49. The van der Waals surface area contributed by atoms with Gasteiger partial charge in [-0.15, -0.1) is 11.3 Å². The van der Waals surface area contributed by atoms with Crippen LogP contribution in [-0.2, 0) is 12.6 Å². The van der Waals surface area contributed by atoms with Gasteiger partial charge in [0.2, 0.25) is 0 Å². The second kappa shape index (κ2) is 4.74. The van der Waals surface area contributed by atoms with Crippen LogP contribution in [0.2, 0.25) is 0 Å². The van der Waals surface area contributed by atoms with E-state index in [0.29, 0.717) is 18.0 Å². The maximum absolute atomic E-state index is 13.3. The number of nitrogens with zero attached hydrogens (tertiary/aromatic N) is 2. The monoisotopic (exact) mass is 309 g/mol. The molecule has 1 unspecified atom stereocenters. The Hall–Kier alpha value is -2.07. The number of hydrogen-bond donors (Lipinski definition) is 1. The van der Waals surface area contributed by atoms with E-state index < -0.39 is 11.7 Å². The van der Waals surface area contributed by atoms with Crippen LogP contribution in [0.1, 0.15) is 39.6 Å². The average Bonchev–Trinajstić information content (AvgIpc) is 2.96. The molecule has 108 valence electrons. The van der Waals surface area contributed by atoms with E-state index in [1.165, 1.54) is 23.5 Å². The van der Waals surface area contributed by atoms with Crippen LogP contribution in [-0.4, -0.2) is 4.98 Å². The lowest BCUT2D eigenvalue weighted by molar-refractivity contribution is -0.138. The highest BCUT2D eigenvalue weighted by Crippen LogP contribution is 2.46. The van der Waals surface area contributed by atoms with Crippen LogP contribution in [0.4, 0.5) is 18.3 Å². The Morgan fingerprint density at radius 3 is 2.81 bits per heavy atom. The van der Waals surface area contributed by atoms with E-state index in [0.717, 1.165) is 16.6 Å². The predicted molar refractivity (Wildman–Crippen MR) is 72.8 cm³/mol. The van der Waals surface area contributed by atoms with Crippen LogP contribution in [0.3, 0.4) is 0 Å². The fraction of sp³-hybridized carbons (Fsp3) is 0.286. The lowest BCUT2D eigenvalue weighted by Gasteiger charge is -2.18. The smallest absolute Gasteiger partial charge is 0.375 e. The number of nitrogen functional groups attached to an aromatic ring is 1. The predicted octanol–water partition coefficient (Wildman–Crippen LogP) is 3.69. The van der Waals surface area contributed by atoms with Crippen LogP contribution in [0.15, 0.2) is 18.2 Å². The Bertz CT molecular complexity index is 743. The molecule has 1 aromatic carbocycles. The van der Waals surface area contributed by atoms with Gasteiger partial charge < -0.3 is 5.73 Å². The van der Waals surface area contributed by atoms with Gasteiger partial charge in [-0.1, -0.05) is 6.07 Å². The zero-order chi connectivity index (χ0) is 15.2. The third-order valence-corrected chi connectivity index (χ3v) is 4.63. The molecule has 0 aliphatic heterocycles. The lowest BCUT2D eigenvalue weighted by atomic mass is 9.92. The van der Waals surface area contributed by atoms with E-state index in [1.54, 1.807) is 6.07 Å². The van der Waals surface area contributed by atoms with Gasteiger partial charge >= 0.3 is 6.18 Å². The molecule has 3 nitrogen and oxygen atoms in total. The van der Waals surface area contributed by atoms with Crippen LogP contribution in [0.5, 0.6) is 0 Å². The van der Waals surface area contributed by atoms with Crippen molar-refractivity contribution in [3.63, 3.8) is 0 Å². The first kappa shape index (κ1) is 13.9. The highest BCUT2D eigenvalue weighted by Gasteiger charge is 2.38. The number of thiazole rings is 1. The number of nitrogens with two attached hydrogens (primary N) is 1. The fourth-order valence-electron chi connectivity index (χ4n) is 2.72. The van der Waals surface area contributed by atoms with E-state index in [4.69, 9.17) is 11.0 Å². The van der Waals surface area contributed by atoms with E-state index in [9.17, 15) is 13.2 Å². The summed E-state index contributed by atoms with van der Waals surface area (Å²) in [5, 5.41) is 9.18. The standard InChI is InChI=1S/C14H10F3N3S/c15-14(16,17)10-5-7(6-18)1-2-8(10)9-3-4-11-12(9)21-13(19)20-11/h1-2,5,9H,3-4H2,(H2,19,20). The molecule has 0 amide bonds. The quantitative estimate of drug-likeness (QED) is 0.873. The van der Waals surface area contributed by atoms with Gasteiger partial charge in [0, 0.05) is 10.8 Å². The Labute approximate surface area is 122 Å². The van der Waals surface area contributed by atoms with Crippen LogP contribution in [0.25, 0.3) is 0 Å². The van der Waals surface area contributed by atoms with Gasteiger partial charge in [-0.25, -0.2) is 4.98 Å². The number of alkyl halides is 3. The summed E-state index contributed by atoms with van der Waals surface area (Å²) in [4.78, 5) is 4.96. The Morgan fingerprint density at radius 2 is 2.14 bits per heavy atom. The zero-order valence-corrected chi connectivity index (χ0v) is 11.6. The normalized spacial score (nSPS) is 17.5. The molecule has 1 atom stereocenters. The van der Waals surface area contributed by atoms with E-state index >= 15 is 0 Å². The molecular weight excluding hydrogens is 299 g/mol. The van der Waals surface area contributed by atoms with E-state index in [2.05, 4.69) is 4.98 Å². The number of rotatable bonds is 1. The van der Waals surface area contributed by atoms with Crippen LogP contribution < -0.4 is 5.73 Å². The number of anilines is 1. The van der Waals surface area contributed by atoms with Crippen molar-refractivity contribution in [1.82, 2.24) is 4.98 Å². The van der Waals surface area contributed by atoms with Crippen LogP contribution >= 0.6 is 11.3 Å². The number of halogens is 3. The molecule has 0 saturated heterocycles. The van der Waals surface area contributed by atoms with Gasteiger partial charge in [-0.3, -0.25) is 0 Å². The number of aryl methyl sites for hydroxylation is 1. The van der Waals surface area contributed by atoms with E-state index in [-0.39, 0.29) is 17.0 Å². The molecule has 21 heavy (non-hydrogen) atoms. The van der Waals surface area contributed by atoms with Crippen molar-refractivity contribution in [3.8, 4) is 6.07 Å². The first-order chi connectivity index (χ1) is 9.90. The molecule has 0 radical (unpaired) electrons. The first-order valence-corrected chi connectivity index (χ1v) is 7.08. The number of benzene rings is 1. The molecule has 2 aromatic rings. The molecular formula is C14H10F3N3S. The largest absolute Gasteiger partial charge is 0.416 e. The third kappa shape index (κ3) is 2.36. The van der Waals surface area contributed by atoms with Gasteiger partial charge in [0.05, 0.1) is 22.9 Å². The van der Waals surface area contributed by atoms with Crippen molar-refractivity contribution < 1.29 is 13.2 Å². The van der Waals surface area contributed by atoms with Gasteiger partial charge in [0.25, 0.3) is 0 Å². The molecule has 0 bridgehead atoms. The van der Waals surface area contributed by atoms with Gasteiger partial charge in [0.15, 0.2) is 5.13 Å². The summed E-state index contributed by atoms with van der Waals surface area (Å²) < 4.78 is 39.8. The highest BCUT2D eigenvalue weighted by molar-refractivity contribution is 7.15. The van der Waals surface area contributed by atoms with E-state index in [1.807, 2.05) is 0 Å². The van der Waals surface area contributed by atoms with Crippen molar-refractivity contribution >= 4 is 16.5 Å². The fourth-order valence-corrected chi connectivity index (χ4v) is 3.75. The summed E-state index contributed by atoms with van der Waals surface area (Å²) >= 11 is 1.24. The van der Waals surface area contributed by atoms with Gasteiger partial charge in [-0.05, 0) is 30.5 Å². The second-order valence-corrected chi connectivity index (χ2v) is 5.93. The molecule has 0 saturated carbocycles. The number of hydrogen-bond acceptors (Lipinski definition) is 4. The van der Waals surface area contributed by atoms with Crippen molar-refractivity contribution in [2.75, 3.05) is 5.73 Å². The van der Waals surface area contributed by atoms with Gasteiger partial charge in [0.1, 0.15) is 0 Å². The topological polar surface area (TPSA) is 62.7 Å². The summed E-state index contributed by atoms with van der Waals surface area (Å²) in [5.41, 5.74) is 5.89. The maximum Gasteiger partial charge on any atom is 0.416 e. The van der Waals surface area contributed by atoms with Crippen molar-refractivity contribution in [3.05, 3.63) is 45.5 Å². The molecule has 1 aliphatic carbocycles. The summed E-state index contributed by atoms with van der Waals surface area (Å²) in [6.07, 6.45) is -3.27. The summed E-state index contributed by atoms with van der Waals surface area (Å²) in [7, 11) is 0. The minimum Gasteiger partial charge on any atom is -0.375 e. The molecule has 0 spiro atoms. The maximum atomic E-state index is 13.3. The minimum atomic E-state index is -4.48. The average molecular weight is 309 g/mol. The molecule has 1 aromatic heterocycles.